The van der Waals surface area contributed by atoms with Gasteiger partial charge in [0, 0.05) is 12.6 Å². The molecule has 114 valence electrons. The van der Waals surface area contributed by atoms with Crippen LogP contribution in [0, 0.1) is 5.41 Å². The minimum atomic E-state index is -1.04. The van der Waals surface area contributed by atoms with Crippen LogP contribution in [-0.4, -0.2) is 23.3 Å². The van der Waals surface area contributed by atoms with Crippen molar-refractivity contribution in [2.24, 2.45) is 5.41 Å². The van der Waals surface area contributed by atoms with Crippen LogP contribution < -0.4 is 15.4 Å². The van der Waals surface area contributed by atoms with Crippen LogP contribution in [0.15, 0.2) is 18.2 Å². The molecule has 0 spiro atoms. The molecule has 2 N–H and O–H groups in total. The van der Waals surface area contributed by atoms with Gasteiger partial charge in [-0.25, -0.2) is 0 Å². The van der Waals surface area contributed by atoms with Gasteiger partial charge < -0.3 is 15.4 Å². The molecule has 1 aliphatic rings. The zero-order chi connectivity index (χ0) is 15.8. The highest BCUT2D eigenvalue weighted by Gasteiger charge is 2.67. The molecular formula is C14H16Cl2N2O3. The van der Waals surface area contributed by atoms with Crippen molar-refractivity contribution in [1.82, 2.24) is 0 Å². The van der Waals surface area contributed by atoms with Gasteiger partial charge in [-0.3, -0.25) is 9.59 Å². The average molecular weight is 331 g/mol. The van der Waals surface area contributed by atoms with Crippen molar-refractivity contribution >= 4 is 46.4 Å². The topological polar surface area (TPSA) is 67.4 Å². The van der Waals surface area contributed by atoms with E-state index in [1.807, 2.05) is 0 Å². The highest BCUT2D eigenvalue weighted by atomic mass is 35.5. The second-order valence-corrected chi connectivity index (χ2v) is 6.75. The van der Waals surface area contributed by atoms with Crippen LogP contribution in [0.4, 0.5) is 11.4 Å². The molecule has 1 aliphatic carbocycles. The van der Waals surface area contributed by atoms with Gasteiger partial charge in [0.2, 0.25) is 11.8 Å². The number of amides is 2. The third-order valence-electron chi connectivity index (χ3n) is 3.53. The lowest BCUT2D eigenvalue weighted by molar-refractivity contribution is -0.120. The van der Waals surface area contributed by atoms with Crippen molar-refractivity contribution in [3.63, 3.8) is 0 Å². The molecule has 0 heterocycles. The summed E-state index contributed by atoms with van der Waals surface area (Å²) in [4.78, 5) is 23.4. The van der Waals surface area contributed by atoms with E-state index in [0.717, 1.165) is 0 Å². The molecule has 1 fully saturated rings. The first-order valence-electron chi connectivity index (χ1n) is 6.34. The zero-order valence-corrected chi connectivity index (χ0v) is 13.4. The summed E-state index contributed by atoms with van der Waals surface area (Å²) in [5.41, 5.74) is 0.180. The quantitative estimate of drug-likeness (QED) is 0.833. The summed E-state index contributed by atoms with van der Waals surface area (Å²) < 4.78 is 4.16. The minimum Gasteiger partial charge on any atom is -0.495 e. The lowest BCUT2D eigenvalue weighted by atomic mass is 10.1. The fourth-order valence-corrected chi connectivity index (χ4v) is 2.70. The summed E-state index contributed by atoms with van der Waals surface area (Å²) >= 11 is 12.0. The van der Waals surface area contributed by atoms with Crippen molar-refractivity contribution in [2.45, 2.75) is 24.6 Å². The lowest BCUT2D eigenvalue weighted by Gasteiger charge is -2.16. The largest absolute Gasteiger partial charge is 0.495 e. The molecule has 0 aromatic heterocycles. The number of carbonyl (C=O) groups is 2. The monoisotopic (exact) mass is 330 g/mol. The number of carbonyl (C=O) groups excluding carboxylic acids is 2. The summed E-state index contributed by atoms with van der Waals surface area (Å²) in [6, 6.07) is 4.96. The first-order chi connectivity index (χ1) is 9.69. The zero-order valence-electron chi connectivity index (χ0n) is 11.9. The van der Waals surface area contributed by atoms with Crippen LogP contribution in [0.25, 0.3) is 0 Å². The van der Waals surface area contributed by atoms with Crippen LogP contribution >= 0.6 is 23.2 Å². The van der Waals surface area contributed by atoms with Gasteiger partial charge in [0.1, 0.15) is 10.1 Å². The van der Waals surface area contributed by atoms with E-state index in [1.54, 1.807) is 25.1 Å². The van der Waals surface area contributed by atoms with Crippen molar-refractivity contribution in [1.29, 1.82) is 0 Å². The summed E-state index contributed by atoms with van der Waals surface area (Å²) in [5.74, 6) is -0.00523. The molecule has 0 saturated heterocycles. The van der Waals surface area contributed by atoms with Gasteiger partial charge in [-0.2, -0.15) is 0 Å². The van der Waals surface area contributed by atoms with Crippen molar-refractivity contribution in [3.8, 4) is 5.75 Å². The van der Waals surface area contributed by atoms with Gasteiger partial charge in [0.05, 0.1) is 18.2 Å². The molecule has 7 heteroatoms. The van der Waals surface area contributed by atoms with E-state index in [-0.39, 0.29) is 11.8 Å². The number of hydrogen-bond donors (Lipinski definition) is 2. The van der Waals surface area contributed by atoms with Gasteiger partial charge >= 0.3 is 0 Å². The van der Waals surface area contributed by atoms with E-state index in [1.165, 1.54) is 14.0 Å². The number of nitrogens with one attached hydrogen (secondary N) is 2. The first kappa shape index (κ1) is 15.9. The summed E-state index contributed by atoms with van der Waals surface area (Å²) in [7, 11) is 1.50. The maximum absolute atomic E-state index is 12.3. The fourth-order valence-electron chi connectivity index (χ4n) is 1.99. The van der Waals surface area contributed by atoms with Gasteiger partial charge in [-0.05, 0) is 31.5 Å². The highest BCUT2D eigenvalue weighted by molar-refractivity contribution is 6.53. The Bertz CT molecular complexity index is 604. The van der Waals surface area contributed by atoms with Crippen LogP contribution in [0.1, 0.15) is 20.3 Å². The van der Waals surface area contributed by atoms with Crippen molar-refractivity contribution in [2.75, 3.05) is 17.7 Å². The van der Waals surface area contributed by atoms with E-state index in [0.29, 0.717) is 23.5 Å². The Morgan fingerprint density at radius 2 is 1.90 bits per heavy atom. The van der Waals surface area contributed by atoms with Crippen LogP contribution in [-0.2, 0) is 9.59 Å². The molecule has 1 atom stereocenters. The molecule has 1 aromatic carbocycles. The Morgan fingerprint density at radius 1 is 1.29 bits per heavy atom. The maximum atomic E-state index is 12.3. The number of hydrogen-bond acceptors (Lipinski definition) is 3. The predicted octanol–water partition coefficient (Wildman–Crippen LogP) is 3.18. The summed E-state index contributed by atoms with van der Waals surface area (Å²) in [6.45, 7) is 3.11. The van der Waals surface area contributed by atoms with E-state index in [9.17, 15) is 9.59 Å². The standard InChI is InChI=1S/C14H16Cl2N2O3/c1-8(19)17-9-4-5-11(21-3)10(6-9)18-12(20)13(2)7-14(13,15)16/h4-6H,7H2,1-3H3,(H,17,19)(H,18,20). The Hall–Kier alpha value is -1.46. The summed E-state index contributed by atoms with van der Waals surface area (Å²) in [5, 5.41) is 5.39. The number of methoxy groups -OCH3 is 1. The fraction of sp³-hybridized carbons (Fsp3) is 0.429. The van der Waals surface area contributed by atoms with Crippen LogP contribution in [0.5, 0.6) is 5.75 Å². The Labute approximate surface area is 132 Å². The van der Waals surface area contributed by atoms with Gasteiger partial charge in [-0.1, -0.05) is 0 Å². The van der Waals surface area contributed by atoms with Crippen LogP contribution in [0.2, 0.25) is 0 Å². The molecule has 0 radical (unpaired) electrons. The normalized spacial score (nSPS) is 22.3. The molecule has 5 nitrogen and oxygen atoms in total. The van der Waals surface area contributed by atoms with E-state index in [2.05, 4.69) is 10.6 Å². The molecule has 1 saturated carbocycles. The van der Waals surface area contributed by atoms with Crippen LogP contribution in [0.3, 0.4) is 0 Å². The number of anilines is 2. The molecule has 2 amide bonds. The number of rotatable bonds is 4. The number of alkyl halides is 2. The lowest BCUT2D eigenvalue weighted by Crippen LogP contribution is -2.26. The van der Waals surface area contributed by atoms with Gasteiger partial charge in [0.25, 0.3) is 0 Å². The van der Waals surface area contributed by atoms with Crippen molar-refractivity contribution in [3.05, 3.63) is 18.2 Å². The van der Waals surface area contributed by atoms with E-state index in [4.69, 9.17) is 27.9 Å². The Morgan fingerprint density at radius 3 is 2.38 bits per heavy atom. The minimum absolute atomic E-state index is 0.202. The molecule has 0 aliphatic heterocycles. The highest BCUT2D eigenvalue weighted by Crippen LogP contribution is 2.64. The number of halogens is 2. The Kier molecular flexibility index (Phi) is 4.08. The third-order valence-corrected chi connectivity index (χ3v) is 4.63. The number of benzene rings is 1. The second kappa shape index (κ2) is 5.39. The third kappa shape index (κ3) is 3.09. The molecule has 21 heavy (non-hydrogen) atoms. The smallest absolute Gasteiger partial charge is 0.233 e. The van der Waals surface area contributed by atoms with Gasteiger partial charge in [0.15, 0.2) is 0 Å². The maximum Gasteiger partial charge on any atom is 0.233 e. The first-order valence-corrected chi connectivity index (χ1v) is 7.10. The number of ether oxygens (including phenoxy) is 1. The Balaban J connectivity index is 2.22. The average Bonchev–Trinajstić information content (AvgIpc) is 2.89. The van der Waals surface area contributed by atoms with Gasteiger partial charge in [-0.15, -0.1) is 23.2 Å². The molecule has 0 bridgehead atoms. The molecular weight excluding hydrogens is 315 g/mol. The SMILES string of the molecule is COc1ccc(NC(C)=O)cc1NC(=O)C1(C)CC1(Cl)Cl. The second-order valence-electron chi connectivity index (χ2n) is 5.26. The molecule has 1 unspecified atom stereocenters. The van der Waals surface area contributed by atoms with E-state index >= 15 is 0 Å². The predicted molar refractivity (Wildman–Crippen MR) is 83.1 cm³/mol. The summed E-state index contributed by atoms with van der Waals surface area (Å²) in [6.07, 6.45) is 0.392. The van der Waals surface area contributed by atoms with E-state index < -0.39 is 9.75 Å². The molecule has 1 aromatic rings. The van der Waals surface area contributed by atoms with Crippen molar-refractivity contribution < 1.29 is 14.3 Å². The molecule has 2 rings (SSSR count).